The Hall–Kier alpha value is -1.85. The molecule has 2 atom stereocenters. The van der Waals surface area contributed by atoms with E-state index < -0.39 is 5.60 Å². The molecule has 5 heteroatoms. The highest BCUT2D eigenvalue weighted by Crippen LogP contribution is 2.25. The standard InChI is InChI=1S/C16H20N2O3/c1-11-16(20,7-8-21-11)10-17-15(19)13-9-18(2)14-6-4-3-5-12(13)14/h3-6,9,11,20H,7-8,10H2,1-2H3,(H,17,19). The molecule has 2 N–H and O–H groups in total. The van der Waals surface area contributed by atoms with E-state index in [1.807, 2.05) is 49.0 Å². The molecule has 2 aromatic rings. The van der Waals surface area contributed by atoms with E-state index in [2.05, 4.69) is 5.32 Å². The molecule has 1 aliphatic rings. The lowest BCUT2D eigenvalue weighted by Crippen LogP contribution is -2.47. The van der Waals surface area contributed by atoms with Gasteiger partial charge in [0.25, 0.3) is 5.91 Å². The molecule has 3 rings (SSSR count). The largest absolute Gasteiger partial charge is 0.385 e. The van der Waals surface area contributed by atoms with Crippen LogP contribution in [0, 0.1) is 0 Å². The number of fused-ring (bicyclic) bond motifs is 1. The molecular formula is C16H20N2O3. The summed E-state index contributed by atoms with van der Waals surface area (Å²) in [6.45, 7) is 2.56. The van der Waals surface area contributed by atoms with Crippen molar-refractivity contribution in [3.8, 4) is 0 Å². The third kappa shape index (κ3) is 2.43. The van der Waals surface area contributed by atoms with Crippen molar-refractivity contribution in [1.29, 1.82) is 0 Å². The molecular weight excluding hydrogens is 268 g/mol. The SMILES string of the molecule is CC1OCCC1(O)CNC(=O)c1cn(C)c2ccccc12. The smallest absolute Gasteiger partial charge is 0.253 e. The first kappa shape index (κ1) is 14.1. The molecule has 1 aromatic carbocycles. The molecule has 0 spiro atoms. The van der Waals surface area contributed by atoms with Gasteiger partial charge in [-0.25, -0.2) is 0 Å². The zero-order valence-corrected chi connectivity index (χ0v) is 12.3. The highest BCUT2D eigenvalue weighted by Gasteiger charge is 2.39. The van der Waals surface area contributed by atoms with Crippen molar-refractivity contribution in [2.45, 2.75) is 25.0 Å². The molecule has 0 aliphatic carbocycles. The van der Waals surface area contributed by atoms with E-state index in [4.69, 9.17) is 4.74 Å². The van der Waals surface area contributed by atoms with Gasteiger partial charge in [-0.3, -0.25) is 4.79 Å². The number of aryl methyl sites for hydroxylation is 1. The van der Waals surface area contributed by atoms with Crippen molar-refractivity contribution in [1.82, 2.24) is 9.88 Å². The summed E-state index contributed by atoms with van der Waals surface area (Å²) in [4.78, 5) is 12.4. The summed E-state index contributed by atoms with van der Waals surface area (Å²) in [6.07, 6.45) is 2.10. The lowest BCUT2D eigenvalue weighted by Gasteiger charge is -2.26. The van der Waals surface area contributed by atoms with Crippen LogP contribution in [0.15, 0.2) is 30.5 Å². The van der Waals surface area contributed by atoms with Crippen LogP contribution in [0.5, 0.6) is 0 Å². The van der Waals surface area contributed by atoms with Crippen LogP contribution >= 0.6 is 0 Å². The van der Waals surface area contributed by atoms with Crippen molar-refractivity contribution in [2.24, 2.45) is 7.05 Å². The van der Waals surface area contributed by atoms with Crippen molar-refractivity contribution in [3.05, 3.63) is 36.0 Å². The van der Waals surface area contributed by atoms with Crippen LogP contribution in [-0.4, -0.2) is 40.4 Å². The maximum absolute atomic E-state index is 12.4. The summed E-state index contributed by atoms with van der Waals surface area (Å²) in [6, 6.07) is 7.77. The summed E-state index contributed by atoms with van der Waals surface area (Å²) in [5.74, 6) is -0.167. The first-order valence-corrected chi connectivity index (χ1v) is 7.17. The van der Waals surface area contributed by atoms with Crippen molar-refractivity contribution < 1.29 is 14.6 Å². The van der Waals surface area contributed by atoms with Gasteiger partial charge in [0, 0.05) is 43.7 Å². The summed E-state index contributed by atoms with van der Waals surface area (Å²) in [7, 11) is 1.92. The van der Waals surface area contributed by atoms with Crippen LogP contribution < -0.4 is 5.32 Å². The van der Waals surface area contributed by atoms with E-state index >= 15 is 0 Å². The third-order valence-corrected chi connectivity index (χ3v) is 4.36. The lowest BCUT2D eigenvalue weighted by atomic mass is 9.96. The molecule has 0 radical (unpaired) electrons. The van der Waals surface area contributed by atoms with Crippen LogP contribution in [-0.2, 0) is 11.8 Å². The van der Waals surface area contributed by atoms with Gasteiger partial charge in [-0.05, 0) is 13.0 Å². The molecule has 2 heterocycles. The number of rotatable bonds is 3. The second-order valence-electron chi connectivity index (χ2n) is 5.72. The molecule has 2 unspecified atom stereocenters. The molecule has 1 aliphatic heterocycles. The Balaban J connectivity index is 1.79. The quantitative estimate of drug-likeness (QED) is 0.898. The summed E-state index contributed by atoms with van der Waals surface area (Å²) in [5, 5.41) is 14.2. The van der Waals surface area contributed by atoms with E-state index in [1.54, 1.807) is 0 Å². The molecule has 21 heavy (non-hydrogen) atoms. The fourth-order valence-corrected chi connectivity index (χ4v) is 2.85. The Morgan fingerprint density at radius 1 is 1.52 bits per heavy atom. The highest BCUT2D eigenvalue weighted by atomic mass is 16.5. The zero-order chi connectivity index (χ0) is 15.0. The maximum atomic E-state index is 12.4. The molecule has 112 valence electrons. The Morgan fingerprint density at radius 2 is 2.29 bits per heavy atom. The predicted octanol–water partition coefficient (Wildman–Crippen LogP) is 1.45. The number of aromatic nitrogens is 1. The van der Waals surface area contributed by atoms with Crippen molar-refractivity contribution in [2.75, 3.05) is 13.2 Å². The third-order valence-electron chi connectivity index (χ3n) is 4.36. The van der Waals surface area contributed by atoms with E-state index in [-0.39, 0.29) is 18.6 Å². The normalized spacial score (nSPS) is 25.4. The topological polar surface area (TPSA) is 63.5 Å². The molecule has 1 fully saturated rings. The van der Waals surface area contributed by atoms with Gasteiger partial charge >= 0.3 is 0 Å². The van der Waals surface area contributed by atoms with Gasteiger partial charge in [0.1, 0.15) is 5.60 Å². The van der Waals surface area contributed by atoms with Crippen molar-refractivity contribution >= 4 is 16.8 Å². The summed E-state index contributed by atoms with van der Waals surface area (Å²) >= 11 is 0. The lowest BCUT2D eigenvalue weighted by molar-refractivity contribution is -0.0251. The molecule has 1 aromatic heterocycles. The van der Waals surface area contributed by atoms with Gasteiger partial charge in [0.05, 0.1) is 11.7 Å². The average molecular weight is 288 g/mol. The minimum Gasteiger partial charge on any atom is -0.385 e. The number of nitrogens with one attached hydrogen (secondary N) is 1. The summed E-state index contributed by atoms with van der Waals surface area (Å²) in [5.41, 5.74) is 0.669. The Morgan fingerprint density at radius 3 is 3.00 bits per heavy atom. The van der Waals surface area contributed by atoms with Gasteiger partial charge in [-0.2, -0.15) is 0 Å². The van der Waals surface area contributed by atoms with Gasteiger partial charge in [-0.1, -0.05) is 18.2 Å². The zero-order valence-electron chi connectivity index (χ0n) is 12.3. The minimum absolute atomic E-state index is 0.167. The van der Waals surface area contributed by atoms with E-state index in [0.29, 0.717) is 18.6 Å². The number of carbonyl (C=O) groups is 1. The number of benzene rings is 1. The van der Waals surface area contributed by atoms with Crippen LogP contribution in [0.3, 0.4) is 0 Å². The minimum atomic E-state index is -0.972. The van der Waals surface area contributed by atoms with Gasteiger partial charge in [-0.15, -0.1) is 0 Å². The number of nitrogens with zero attached hydrogens (tertiary/aromatic N) is 1. The highest BCUT2D eigenvalue weighted by molar-refractivity contribution is 6.07. The number of hydrogen-bond acceptors (Lipinski definition) is 3. The monoisotopic (exact) mass is 288 g/mol. The predicted molar refractivity (Wildman–Crippen MR) is 80.2 cm³/mol. The number of carbonyl (C=O) groups excluding carboxylic acids is 1. The number of aliphatic hydroxyl groups is 1. The maximum Gasteiger partial charge on any atom is 0.253 e. The van der Waals surface area contributed by atoms with Gasteiger partial charge in [0.2, 0.25) is 0 Å². The first-order valence-electron chi connectivity index (χ1n) is 7.17. The molecule has 1 saturated heterocycles. The summed E-state index contributed by atoms with van der Waals surface area (Å²) < 4.78 is 7.31. The molecule has 0 saturated carbocycles. The molecule has 0 bridgehead atoms. The van der Waals surface area contributed by atoms with Gasteiger partial charge in [0.15, 0.2) is 0 Å². The molecule has 1 amide bonds. The Bertz CT molecular complexity index is 679. The van der Waals surface area contributed by atoms with Crippen molar-refractivity contribution in [3.63, 3.8) is 0 Å². The number of ether oxygens (including phenoxy) is 1. The fourth-order valence-electron chi connectivity index (χ4n) is 2.85. The van der Waals surface area contributed by atoms with Crippen LogP contribution in [0.2, 0.25) is 0 Å². The second kappa shape index (κ2) is 5.16. The Labute approximate surface area is 123 Å². The first-order chi connectivity index (χ1) is 10.0. The Kier molecular flexibility index (Phi) is 3.47. The van der Waals surface area contributed by atoms with Crippen LogP contribution in [0.1, 0.15) is 23.7 Å². The fraction of sp³-hybridized carbons (Fsp3) is 0.438. The van der Waals surface area contributed by atoms with E-state index in [0.717, 1.165) is 10.9 Å². The average Bonchev–Trinajstić information content (AvgIpc) is 2.99. The van der Waals surface area contributed by atoms with E-state index in [9.17, 15) is 9.90 Å². The molecule has 5 nitrogen and oxygen atoms in total. The van der Waals surface area contributed by atoms with E-state index in [1.165, 1.54) is 0 Å². The number of para-hydroxylation sites is 1. The number of amides is 1. The number of hydrogen-bond donors (Lipinski definition) is 2. The van der Waals surface area contributed by atoms with Crippen LogP contribution in [0.4, 0.5) is 0 Å². The van der Waals surface area contributed by atoms with Gasteiger partial charge < -0.3 is 19.7 Å². The van der Waals surface area contributed by atoms with Crippen LogP contribution in [0.25, 0.3) is 10.9 Å². The second-order valence-corrected chi connectivity index (χ2v) is 5.72.